The van der Waals surface area contributed by atoms with E-state index < -0.39 is 16.1 Å². The highest BCUT2D eigenvalue weighted by atomic mass is 32.2. The fourth-order valence-electron chi connectivity index (χ4n) is 2.89. The summed E-state index contributed by atoms with van der Waals surface area (Å²) < 4.78 is 27.5. The van der Waals surface area contributed by atoms with E-state index in [9.17, 15) is 18.0 Å². The molecule has 0 spiro atoms. The predicted molar refractivity (Wildman–Crippen MR) is 98.7 cm³/mol. The zero-order valence-electron chi connectivity index (χ0n) is 14.6. The van der Waals surface area contributed by atoms with Gasteiger partial charge < -0.3 is 4.90 Å². The van der Waals surface area contributed by atoms with E-state index in [1.807, 2.05) is 31.2 Å². The number of nitrogens with zero attached hydrogens (tertiary/aromatic N) is 1. The standard InChI is InChI=1S/C19H20N2O4S/c1-13-3-7-16(8-4-13)21-12-11-18(19(21)23)20-26(24,25)17-9-5-15(6-10-17)14(2)22/h3-10,18,20H,11-12H2,1-2H3/t18-/m0/s1. The number of ketones is 1. The summed E-state index contributed by atoms with van der Waals surface area (Å²) in [6, 6.07) is 12.4. The molecule has 7 heteroatoms. The molecule has 136 valence electrons. The van der Waals surface area contributed by atoms with Crippen LogP contribution in [-0.4, -0.2) is 32.7 Å². The SMILES string of the molecule is CC(=O)c1ccc(S(=O)(=O)N[C@H]2CCN(c3ccc(C)cc3)C2=O)cc1. The van der Waals surface area contributed by atoms with Crippen molar-refractivity contribution in [1.29, 1.82) is 0 Å². The van der Waals surface area contributed by atoms with Crippen molar-refractivity contribution in [3.63, 3.8) is 0 Å². The fraction of sp³-hybridized carbons (Fsp3) is 0.263. The van der Waals surface area contributed by atoms with E-state index >= 15 is 0 Å². The van der Waals surface area contributed by atoms with Gasteiger partial charge in [-0.1, -0.05) is 29.8 Å². The van der Waals surface area contributed by atoms with Crippen molar-refractivity contribution in [3.8, 4) is 0 Å². The molecule has 1 saturated heterocycles. The molecule has 1 amide bonds. The van der Waals surface area contributed by atoms with Crippen LogP contribution >= 0.6 is 0 Å². The number of nitrogens with one attached hydrogen (secondary N) is 1. The topological polar surface area (TPSA) is 83.6 Å². The average molecular weight is 372 g/mol. The minimum Gasteiger partial charge on any atom is -0.311 e. The third-order valence-corrected chi connectivity index (χ3v) is 5.91. The van der Waals surface area contributed by atoms with E-state index in [4.69, 9.17) is 0 Å². The maximum atomic E-state index is 12.6. The zero-order chi connectivity index (χ0) is 18.9. The number of carbonyl (C=O) groups excluding carboxylic acids is 2. The van der Waals surface area contributed by atoms with Crippen molar-refractivity contribution in [2.24, 2.45) is 0 Å². The Balaban J connectivity index is 1.75. The number of benzene rings is 2. The van der Waals surface area contributed by atoms with Gasteiger partial charge in [0.05, 0.1) is 4.90 Å². The first-order valence-corrected chi connectivity index (χ1v) is 9.77. The van der Waals surface area contributed by atoms with Crippen molar-refractivity contribution in [2.45, 2.75) is 31.2 Å². The summed E-state index contributed by atoms with van der Waals surface area (Å²) in [5, 5.41) is 0. The molecule has 1 N–H and O–H groups in total. The number of sulfonamides is 1. The van der Waals surface area contributed by atoms with E-state index in [0.717, 1.165) is 11.3 Å². The molecule has 0 saturated carbocycles. The lowest BCUT2D eigenvalue weighted by Crippen LogP contribution is -2.41. The molecule has 3 rings (SSSR count). The van der Waals surface area contributed by atoms with Crippen LogP contribution < -0.4 is 9.62 Å². The molecule has 0 aliphatic carbocycles. The van der Waals surface area contributed by atoms with Gasteiger partial charge >= 0.3 is 0 Å². The minimum atomic E-state index is -3.84. The van der Waals surface area contributed by atoms with Crippen LogP contribution in [0.5, 0.6) is 0 Å². The fourth-order valence-corrected chi connectivity index (χ4v) is 4.12. The molecule has 0 radical (unpaired) electrons. The summed E-state index contributed by atoms with van der Waals surface area (Å²) in [5.41, 5.74) is 2.28. The van der Waals surface area contributed by atoms with E-state index in [1.165, 1.54) is 31.2 Å². The van der Waals surface area contributed by atoms with Crippen molar-refractivity contribution >= 4 is 27.4 Å². The number of amides is 1. The Bertz CT molecular complexity index is 935. The van der Waals surface area contributed by atoms with Gasteiger partial charge in [-0.05, 0) is 44.5 Å². The quantitative estimate of drug-likeness (QED) is 0.816. The summed E-state index contributed by atoms with van der Waals surface area (Å²) in [6.45, 7) is 3.83. The molecular weight excluding hydrogens is 352 g/mol. The van der Waals surface area contributed by atoms with Crippen LogP contribution in [0.1, 0.15) is 29.3 Å². The third-order valence-electron chi connectivity index (χ3n) is 4.42. The summed E-state index contributed by atoms with van der Waals surface area (Å²) in [7, 11) is -3.84. The molecule has 1 heterocycles. The third kappa shape index (κ3) is 3.68. The Kier molecular flexibility index (Phi) is 4.93. The highest BCUT2D eigenvalue weighted by Crippen LogP contribution is 2.23. The molecule has 1 aliphatic heterocycles. The molecule has 1 aliphatic rings. The van der Waals surface area contributed by atoms with Gasteiger partial charge in [0.25, 0.3) is 0 Å². The van der Waals surface area contributed by atoms with E-state index in [2.05, 4.69) is 4.72 Å². The maximum Gasteiger partial charge on any atom is 0.245 e. The number of anilines is 1. The van der Waals surface area contributed by atoms with Crippen LogP contribution in [0.15, 0.2) is 53.4 Å². The first-order chi connectivity index (χ1) is 12.3. The molecular formula is C19H20N2O4S. The lowest BCUT2D eigenvalue weighted by Gasteiger charge is -2.17. The van der Waals surface area contributed by atoms with Crippen molar-refractivity contribution in [1.82, 2.24) is 4.72 Å². The second-order valence-corrected chi connectivity index (χ2v) is 8.08. The molecule has 0 bridgehead atoms. The number of carbonyl (C=O) groups is 2. The van der Waals surface area contributed by atoms with Gasteiger partial charge in [0, 0.05) is 17.8 Å². The Morgan fingerprint density at radius 2 is 1.69 bits per heavy atom. The molecule has 1 atom stereocenters. The first kappa shape index (κ1) is 18.3. The van der Waals surface area contributed by atoms with Crippen LogP contribution in [0.25, 0.3) is 0 Å². The molecule has 0 unspecified atom stereocenters. The smallest absolute Gasteiger partial charge is 0.245 e. The second kappa shape index (κ2) is 7.01. The molecule has 1 fully saturated rings. The number of aryl methyl sites for hydroxylation is 1. The first-order valence-electron chi connectivity index (χ1n) is 8.29. The highest BCUT2D eigenvalue weighted by molar-refractivity contribution is 7.89. The number of hydrogen-bond donors (Lipinski definition) is 1. The summed E-state index contributed by atoms with van der Waals surface area (Å²) in [5.74, 6) is -0.403. The molecule has 0 aromatic heterocycles. The summed E-state index contributed by atoms with van der Waals surface area (Å²) in [4.78, 5) is 25.5. The summed E-state index contributed by atoms with van der Waals surface area (Å²) in [6.07, 6.45) is 0.400. The van der Waals surface area contributed by atoms with Gasteiger partial charge in [0.1, 0.15) is 6.04 Å². The van der Waals surface area contributed by atoms with E-state index in [1.54, 1.807) is 4.90 Å². The van der Waals surface area contributed by atoms with E-state index in [0.29, 0.717) is 18.5 Å². The molecule has 2 aromatic rings. The van der Waals surface area contributed by atoms with Gasteiger partial charge in [-0.2, -0.15) is 4.72 Å². The Labute approximate surface area is 152 Å². The number of Topliss-reactive ketones (excluding diaryl/α,β-unsaturated/α-hetero) is 1. The van der Waals surface area contributed by atoms with Gasteiger partial charge in [-0.3, -0.25) is 9.59 Å². The lowest BCUT2D eigenvalue weighted by molar-refractivity contribution is -0.118. The Morgan fingerprint density at radius 3 is 2.27 bits per heavy atom. The lowest BCUT2D eigenvalue weighted by atomic mass is 10.2. The van der Waals surface area contributed by atoms with Gasteiger partial charge in [0.2, 0.25) is 15.9 Å². The van der Waals surface area contributed by atoms with Crippen molar-refractivity contribution in [3.05, 3.63) is 59.7 Å². The predicted octanol–water partition coefficient (Wildman–Crippen LogP) is 2.28. The largest absolute Gasteiger partial charge is 0.311 e. The van der Waals surface area contributed by atoms with Gasteiger partial charge in [0.15, 0.2) is 5.78 Å². The monoisotopic (exact) mass is 372 g/mol. The van der Waals surface area contributed by atoms with Gasteiger partial charge in [-0.25, -0.2) is 8.42 Å². The van der Waals surface area contributed by atoms with Crippen LogP contribution in [0, 0.1) is 6.92 Å². The van der Waals surface area contributed by atoms with Crippen molar-refractivity contribution in [2.75, 3.05) is 11.4 Å². The van der Waals surface area contributed by atoms with E-state index in [-0.39, 0.29) is 16.6 Å². The van der Waals surface area contributed by atoms with Crippen LogP contribution in [0.3, 0.4) is 0 Å². The number of hydrogen-bond acceptors (Lipinski definition) is 4. The molecule has 6 nitrogen and oxygen atoms in total. The molecule has 26 heavy (non-hydrogen) atoms. The maximum absolute atomic E-state index is 12.6. The minimum absolute atomic E-state index is 0.0316. The van der Waals surface area contributed by atoms with Crippen LogP contribution in [0.4, 0.5) is 5.69 Å². The van der Waals surface area contributed by atoms with Crippen molar-refractivity contribution < 1.29 is 18.0 Å². The number of rotatable bonds is 5. The Morgan fingerprint density at radius 1 is 1.08 bits per heavy atom. The van der Waals surface area contributed by atoms with Crippen LogP contribution in [-0.2, 0) is 14.8 Å². The normalized spacial score (nSPS) is 17.5. The highest BCUT2D eigenvalue weighted by Gasteiger charge is 2.35. The zero-order valence-corrected chi connectivity index (χ0v) is 15.4. The molecule has 2 aromatic carbocycles. The average Bonchev–Trinajstić information content (AvgIpc) is 2.96. The van der Waals surface area contributed by atoms with Crippen LogP contribution in [0.2, 0.25) is 0 Å². The second-order valence-electron chi connectivity index (χ2n) is 6.37. The van der Waals surface area contributed by atoms with Gasteiger partial charge in [-0.15, -0.1) is 0 Å². The Hall–Kier alpha value is -2.51. The summed E-state index contributed by atoms with van der Waals surface area (Å²) >= 11 is 0.